The average molecular weight is 368 g/mol. The van der Waals surface area contributed by atoms with Gasteiger partial charge >= 0.3 is 0 Å². The van der Waals surface area contributed by atoms with Gasteiger partial charge in [-0.05, 0) is 46.6 Å². The number of carbonyl (C=O) groups is 2. The maximum Gasteiger partial charge on any atom is 0.254 e. The smallest absolute Gasteiger partial charge is 0.254 e. The zero-order valence-electron chi connectivity index (χ0n) is 11.6. The summed E-state index contributed by atoms with van der Waals surface area (Å²) < 4.78 is 0.882. The standard InChI is InChI=1S/C14H14BrN3O2S/c1-9-3-4-16-12(5-9)17-13(19)7-18(2)14(20)10-6-11(15)21-8-10/h3-6,8H,7H2,1-2H3,(H,16,17,19). The van der Waals surface area contributed by atoms with E-state index in [4.69, 9.17) is 0 Å². The van der Waals surface area contributed by atoms with Gasteiger partial charge in [0.05, 0.1) is 15.9 Å². The van der Waals surface area contributed by atoms with Gasteiger partial charge in [-0.15, -0.1) is 11.3 Å². The molecule has 110 valence electrons. The Morgan fingerprint density at radius 3 is 2.81 bits per heavy atom. The van der Waals surface area contributed by atoms with Crippen molar-refractivity contribution in [2.75, 3.05) is 18.9 Å². The van der Waals surface area contributed by atoms with E-state index in [-0.39, 0.29) is 18.4 Å². The Labute approximate surface area is 135 Å². The first kappa shape index (κ1) is 15.7. The summed E-state index contributed by atoms with van der Waals surface area (Å²) in [5.41, 5.74) is 1.57. The lowest BCUT2D eigenvalue weighted by atomic mass is 10.3. The molecule has 2 heterocycles. The molecule has 0 radical (unpaired) electrons. The number of rotatable bonds is 4. The van der Waals surface area contributed by atoms with Crippen molar-refractivity contribution in [1.29, 1.82) is 0 Å². The van der Waals surface area contributed by atoms with Crippen LogP contribution in [0.25, 0.3) is 0 Å². The fourth-order valence-electron chi connectivity index (χ4n) is 1.72. The minimum Gasteiger partial charge on any atom is -0.332 e. The fourth-order valence-corrected chi connectivity index (χ4v) is 2.85. The van der Waals surface area contributed by atoms with Crippen molar-refractivity contribution in [1.82, 2.24) is 9.88 Å². The van der Waals surface area contributed by atoms with Gasteiger partial charge in [0.25, 0.3) is 5.91 Å². The summed E-state index contributed by atoms with van der Waals surface area (Å²) in [7, 11) is 1.59. The predicted octanol–water partition coefficient (Wildman–Crippen LogP) is 2.92. The van der Waals surface area contributed by atoms with E-state index in [1.807, 2.05) is 13.0 Å². The molecule has 0 bridgehead atoms. The molecule has 0 aliphatic rings. The monoisotopic (exact) mass is 367 g/mol. The summed E-state index contributed by atoms with van der Waals surface area (Å²) in [6.45, 7) is 1.89. The van der Waals surface area contributed by atoms with E-state index >= 15 is 0 Å². The van der Waals surface area contributed by atoms with Crippen LogP contribution in [0.2, 0.25) is 0 Å². The molecule has 2 rings (SSSR count). The Balaban J connectivity index is 1.94. The second-order valence-electron chi connectivity index (χ2n) is 4.57. The number of hydrogen-bond donors (Lipinski definition) is 1. The number of carbonyl (C=O) groups excluding carboxylic acids is 2. The Morgan fingerprint density at radius 1 is 1.43 bits per heavy atom. The van der Waals surface area contributed by atoms with Crippen molar-refractivity contribution in [3.8, 4) is 0 Å². The average Bonchev–Trinajstić information content (AvgIpc) is 2.84. The molecule has 7 heteroatoms. The number of amides is 2. The van der Waals surface area contributed by atoms with Crippen LogP contribution < -0.4 is 5.32 Å². The first-order valence-electron chi connectivity index (χ1n) is 6.17. The number of nitrogens with one attached hydrogen (secondary N) is 1. The molecule has 0 spiro atoms. The molecule has 0 aliphatic carbocycles. The SMILES string of the molecule is Cc1ccnc(NC(=O)CN(C)C(=O)c2csc(Br)c2)c1. The highest BCUT2D eigenvalue weighted by molar-refractivity contribution is 9.11. The third-order valence-electron chi connectivity index (χ3n) is 2.72. The lowest BCUT2D eigenvalue weighted by molar-refractivity contribution is -0.116. The number of anilines is 1. The lowest BCUT2D eigenvalue weighted by Gasteiger charge is -2.15. The number of halogens is 1. The van der Waals surface area contributed by atoms with Crippen molar-refractivity contribution in [2.45, 2.75) is 6.92 Å². The van der Waals surface area contributed by atoms with E-state index in [0.29, 0.717) is 11.4 Å². The van der Waals surface area contributed by atoms with Crippen LogP contribution in [0.3, 0.4) is 0 Å². The molecule has 1 N–H and O–H groups in total. The Bertz CT molecular complexity index is 672. The highest BCUT2D eigenvalue weighted by atomic mass is 79.9. The molecule has 0 fully saturated rings. The molecule has 0 unspecified atom stereocenters. The van der Waals surface area contributed by atoms with Crippen LogP contribution >= 0.6 is 27.3 Å². The van der Waals surface area contributed by atoms with Gasteiger partial charge in [-0.2, -0.15) is 0 Å². The van der Waals surface area contributed by atoms with Crippen molar-refractivity contribution in [3.63, 3.8) is 0 Å². The van der Waals surface area contributed by atoms with Crippen LogP contribution in [0.15, 0.2) is 33.6 Å². The summed E-state index contributed by atoms with van der Waals surface area (Å²) >= 11 is 4.74. The minimum atomic E-state index is -0.279. The van der Waals surface area contributed by atoms with Gasteiger partial charge < -0.3 is 10.2 Å². The quantitative estimate of drug-likeness (QED) is 0.903. The molecule has 2 aromatic heterocycles. The maximum atomic E-state index is 12.1. The first-order valence-corrected chi connectivity index (χ1v) is 7.85. The Morgan fingerprint density at radius 2 is 2.19 bits per heavy atom. The van der Waals surface area contributed by atoms with Crippen LogP contribution in [0.5, 0.6) is 0 Å². The predicted molar refractivity (Wildman–Crippen MR) is 86.6 cm³/mol. The lowest BCUT2D eigenvalue weighted by Crippen LogP contribution is -2.34. The molecule has 0 saturated carbocycles. The summed E-state index contributed by atoms with van der Waals surface area (Å²) in [5, 5.41) is 4.43. The van der Waals surface area contributed by atoms with Gasteiger partial charge in [0.2, 0.25) is 5.91 Å². The number of aryl methyl sites for hydroxylation is 1. The van der Waals surface area contributed by atoms with Crippen LogP contribution in [0.1, 0.15) is 15.9 Å². The summed E-state index contributed by atoms with van der Waals surface area (Å²) in [6.07, 6.45) is 1.63. The van der Waals surface area contributed by atoms with E-state index in [9.17, 15) is 9.59 Å². The van der Waals surface area contributed by atoms with Crippen molar-refractivity contribution in [3.05, 3.63) is 44.7 Å². The molecule has 21 heavy (non-hydrogen) atoms. The van der Waals surface area contributed by atoms with Crippen LogP contribution in [-0.2, 0) is 4.79 Å². The van der Waals surface area contributed by atoms with Crippen molar-refractivity contribution >= 4 is 44.9 Å². The molecule has 5 nitrogen and oxygen atoms in total. The third-order valence-corrected chi connectivity index (χ3v) is 4.23. The van der Waals surface area contributed by atoms with Gasteiger partial charge in [-0.1, -0.05) is 0 Å². The second-order valence-corrected chi connectivity index (χ2v) is 6.86. The fraction of sp³-hybridized carbons (Fsp3) is 0.214. The largest absolute Gasteiger partial charge is 0.332 e. The van der Waals surface area contributed by atoms with E-state index in [2.05, 4.69) is 26.2 Å². The van der Waals surface area contributed by atoms with E-state index in [1.165, 1.54) is 16.2 Å². The third kappa shape index (κ3) is 4.37. The van der Waals surface area contributed by atoms with E-state index in [0.717, 1.165) is 9.35 Å². The second kappa shape index (κ2) is 6.82. The highest BCUT2D eigenvalue weighted by Gasteiger charge is 2.16. The van der Waals surface area contributed by atoms with Gasteiger partial charge in [-0.25, -0.2) is 4.98 Å². The topological polar surface area (TPSA) is 62.3 Å². The molecule has 0 saturated heterocycles. The van der Waals surface area contributed by atoms with Crippen LogP contribution in [-0.4, -0.2) is 35.3 Å². The summed E-state index contributed by atoms with van der Waals surface area (Å²) in [6, 6.07) is 5.36. The number of aromatic nitrogens is 1. The Hall–Kier alpha value is -1.73. The maximum absolute atomic E-state index is 12.1. The molecule has 0 aliphatic heterocycles. The number of likely N-dealkylation sites (N-methyl/N-ethyl adjacent to an activating group) is 1. The van der Waals surface area contributed by atoms with E-state index < -0.39 is 0 Å². The molecule has 2 amide bonds. The van der Waals surface area contributed by atoms with Crippen LogP contribution in [0.4, 0.5) is 5.82 Å². The van der Waals surface area contributed by atoms with Gasteiger partial charge in [0.1, 0.15) is 5.82 Å². The zero-order chi connectivity index (χ0) is 15.4. The molecular weight excluding hydrogens is 354 g/mol. The van der Waals surface area contributed by atoms with E-state index in [1.54, 1.807) is 30.8 Å². The first-order chi connectivity index (χ1) is 9.95. The van der Waals surface area contributed by atoms with Gasteiger partial charge in [0.15, 0.2) is 0 Å². The van der Waals surface area contributed by atoms with Crippen LogP contribution in [0, 0.1) is 6.92 Å². The number of nitrogens with zero attached hydrogens (tertiary/aromatic N) is 2. The minimum absolute atomic E-state index is 0.0259. The number of hydrogen-bond acceptors (Lipinski definition) is 4. The number of thiophene rings is 1. The number of pyridine rings is 1. The summed E-state index contributed by atoms with van der Waals surface area (Å²) in [4.78, 5) is 29.5. The highest BCUT2D eigenvalue weighted by Crippen LogP contribution is 2.21. The molecule has 0 aromatic carbocycles. The summed E-state index contributed by atoms with van der Waals surface area (Å²) in [5.74, 6) is 0.0154. The van der Waals surface area contributed by atoms with Crippen molar-refractivity contribution in [2.24, 2.45) is 0 Å². The molecule has 0 atom stereocenters. The van der Waals surface area contributed by atoms with Gasteiger partial charge in [0, 0.05) is 18.6 Å². The zero-order valence-corrected chi connectivity index (χ0v) is 14.0. The molecule has 2 aromatic rings. The molecular formula is C14H14BrN3O2S. The van der Waals surface area contributed by atoms with Gasteiger partial charge in [-0.3, -0.25) is 9.59 Å². The Kier molecular flexibility index (Phi) is 5.08. The normalized spacial score (nSPS) is 10.2. The van der Waals surface area contributed by atoms with Crippen molar-refractivity contribution < 1.29 is 9.59 Å².